The van der Waals surface area contributed by atoms with E-state index in [4.69, 9.17) is 5.73 Å². The molecule has 0 unspecified atom stereocenters. The molecule has 0 atom stereocenters. The average molecular weight is 307 g/mol. The van der Waals surface area contributed by atoms with Crippen LogP contribution >= 0.6 is 11.3 Å². The third-order valence-electron chi connectivity index (χ3n) is 3.55. The standard InChI is InChI=1S/C16H13N5S/c1-21-9-18-12(10-5-3-2-4-6-10)13(21)15-19-14(17)11-7-8-22-16(11)20-15/h2-9H,1H3,(H2,17,19,20). The van der Waals surface area contributed by atoms with Crippen molar-refractivity contribution in [1.29, 1.82) is 0 Å². The molecule has 0 saturated carbocycles. The van der Waals surface area contributed by atoms with Crippen molar-refractivity contribution in [1.82, 2.24) is 19.5 Å². The first-order valence-electron chi connectivity index (χ1n) is 6.82. The molecule has 22 heavy (non-hydrogen) atoms. The quantitative estimate of drug-likeness (QED) is 0.616. The van der Waals surface area contributed by atoms with Gasteiger partial charge in [-0.1, -0.05) is 30.3 Å². The number of nitrogens with two attached hydrogens (primary N) is 1. The second-order valence-corrected chi connectivity index (χ2v) is 5.89. The predicted octanol–water partition coefficient (Wildman–Crippen LogP) is 3.34. The van der Waals surface area contributed by atoms with Crippen molar-refractivity contribution in [2.24, 2.45) is 7.05 Å². The van der Waals surface area contributed by atoms with Crippen LogP contribution in [-0.2, 0) is 7.05 Å². The van der Waals surface area contributed by atoms with E-state index in [2.05, 4.69) is 15.0 Å². The molecule has 0 radical (unpaired) electrons. The normalized spacial score (nSPS) is 11.1. The van der Waals surface area contributed by atoms with Gasteiger partial charge in [0.2, 0.25) is 0 Å². The van der Waals surface area contributed by atoms with Crippen molar-refractivity contribution >= 4 is 27.4 Å². The van der Waals surface area contributed by atoms with Crippen LogP contribution in [0.3, 0.4) is 0 Å². The van der Waals surface area contributed by atoms with Crippen LogP contribution in [0.5, 0.6) is 0 Å². The second kappa shape index (κ2) is 4.92. The zero-order chi connectivity index (χ0) is 15.1. The lowest BCUT2D eigenvalue weighted by molar-refractivity contribution is 0.911. The van der Waals surface area contributed by atoms with E-state index in [9.17, 15) is 0 Å². The summed E-state index contributed by atoms with van der Waals surface area (Å²) in [5.41, 5.74) is 8.83. The summed E-state index contributed by atoms with van der Waals surface area (Å²) < 4.78 is 1.93. The molecule has 0 spiro atoms. The first-order valence-corrected chi connectivity index (χ1v) is 7.70. The summed E-state index contributed by atoms with van der Waals surface area (Å²) in [4.78, 5) is 14.5. The van der Waals surface area contributed by atoms with Crippen LogP contribution in [-0.4, -0.2) is 19.5 Å². The van der Waals surface area contributed by atoms with Crippen molar-refractivity contribution in [3.63, 3.8) is 0 Å². The number of rotatable bonds is 2. The molecule has 2 N–H and O–H groups in total. The van der Waals surface area contributed by atoms with Gasteiger partial charge in [-0.2, -0.15) is 0 Å². The number of benzene rings is 1. The highest BCUT2D eigenvalue weighted by molar-refractivity contribution is 7.16. The van der Waals surface area contributed by atoms with Crippen LogP contribution in [0, 0.1) is 0 Å². The lowest BCUT2D eigenvalue weighted by Crippen LogP contribution is -2.00. The van der Waals surface area contributed by atoms with Crippen molar-refractivity contribution < 1.29 is 0 Å². The number of aryl methyl sites for hydroxylation is 1. The Morgan fingerprint density at radius 1 is 1.09 bits per heavy atom. The van der Waals surface area contributed by atoms with Crippen molar-refractivity contribution in [3.8, 4) is 22.8 Å². The number of anilines is 1. The van der Waals surface area contributed by atoms with Crippen molar-refractivity contribution in [2.45, 2.75) is 0 Å². The molecule has 0 aliphatic heterocycles. The molecule has 1 aromatic carbocycles. The maximum absolute atomic E-state index is 6.07. The largest absolute Gasteiger partial charge is 0.383 e. The first-order chi connectivity index (χ1) is 10.7. The second-order valence-electron chi connectivity index (χ2n) is 4.99. The first kappa shape index (κ1) is 13.0. The Kier molecular flexibility index (Phi) is 2.90. The zero-order valence-corrected chi connectivity index (χ0v) is 12.7. The van der Waals surface area contributed by atoms with Gasteiger partial charge in [-0.25, -0.2) is 15.0 Å². The minimum Gasteiger partial charge on any atom is -0.383 e. The van der Waals surface area contributed by atoms with Gasteiger partial charge in [-0.3, -0.25) is 0 Å². The van der Waals surface area contributed by atoms with Gasteiger partial charge in [0.05, 0.1) is 17.4 Å². The average Bonchev–Trinajstić information content (AvgIpc) is 3.14. The number of nitrogen functional groups attached to an aromatic ring is 1. The highest BCUT2D eigenvalue weighted by Gasteiger charge is 2.17. The molecule has 3 aromatic heterocycles. The van der Waals surface area contributed by atoms with Gasteiger partial charge < -0.3 is 10.3 Å². The van der Waals surface area contributed by atoms with E-state index in [-0.39, 0.29) is 0 Å². The highest BCUT2D eigenvalue weighted by Crippen LogP contribution is 2.31. The maximum atomic E-state index is 6.07. The summed E-state index contributed by atoms with van der Waals surface area (Å²) in [6.45, 7) is 0. The summed E-state index contributed by atoms with van der Waals surface area (Å²) >= 11 is 1.56. The van der Waals surface area contributed by atoms with E-state index in [1.165, 1.54) is 0 Å². The SMILES string of the molecule is Cn1cnc(-c2ccccc2)c1-c1nc(N)c2ccsc2n1. The van der Waals surface area contributed by atoms with Crippen LogP contribution in [0.1, 0.15) is 0 Å². The molecule has 0 amide bonds. The molecular weight excluding hydrogens is 294 g/mol. The fourth-order valence-corrected chi connectivity index (χ4v) is 3.26. The Balaban J connectivity index is 1.97. The minimum atomic E-state index is 0.501. The summed E-state index contributed by atoms with van der Waals surface area (Å²) in [5.74, 6) is 1.10. The summed E-state index contributed by atoms with van der Waals surface area (Å²) in [7, 11) is 1.94. The molecule has 4 aromatic rings. The van der Waals surface area contributed by atoms with Gasteiger partial charge in [-0.15, -0.1) is 11.3 Å². The molecule has 0 fully saturated rings. The van der Waals surface area contributed by atoms with Gasteiger partial charge >= 0.3 is 0 Å². The Morgan fingerprint density at radius 2 is 1.91 bits per heavy atom. The maximum Gasteiger partial charge on any atom is 0.181 e. The number of thiophene rings is 1. The Morgan fingerprint density at radius 3 is 2.73 bits per heavy atom. The number of hydrogen-bond acceptors (Lipinski definition) is 5. The van der Waals surface area contributed by atoms with Gasteiger partial charge in [-0.05, 0) is 11.4 Å². The number of imidazole rings is 1. The van der Waals surface area contributed by atoms with Crippen LogP contribution in [0.15, 0.2) is 48.1 Å². The van der Waals surface area contributed by atoms with Crippen LogP contribution in [0.4, 0.5) is 5.82 Å². The predicted molar refractivity (Wildman–Crippen MR) is 89.5 cm³/mol. The molecule has 3 heterocycles. The van der Waals surface area contributed by atoms with E-state index in [1.54, 1.807) is 17.7 Å². The Bertz CT molecular complexity index is 955. The molecular formula is C16H13N5S. The Labute approximate surface area is 131 Å². The molecule has 0 aliphatic carbocycles. The van der Waals surface area contributed by atoms with Crippen LogP contribution < -0.4 is 5.73 Å². The van der Waals surface area contributed by atoms with Crippen LogP contribution in [0.2, 0.25) is 0 Å². The third-order valence-corrected chi connectivity index (χ3v) is 4.36. The van der Waals surface area contributed by atoms with Gasteiger partial charge in [0, 0.05) is 12.6 Å². The Hall–Kier alpha value is -2.73. The topological polar surface area (TPSA) is 69.6 Å². The monoisotopic (exact) mass is 307 g/mol. The minimum absolute atomic E-state index is 0.501. The molecule has 4 rings (SSSR count). The molecule has 6 heteroatoms. The molecule has 0 bridgehead atoms. The van der Waals surface area contributed by atoms with Gasteiger partial charge in [0.1, 0.15) is 16.3 Å². The lowest BCUT2D eigenvalue weighted by atomic mass is 10.1. The summed E-state index contributed by atoms with van der Waals surface area (Å²) in [6, 6.07) is 12.0. The van der Waals surface area contributed by atoms with E-state index in [1.807, 2.05) is 53.4 Å². The van der Waals surface area contributed by atoms with E-state index in [0.717, 1.165) is 27.2 Å². The van der Waals surface area contributed by atoms with Crippen molar-refractivity contribution in [2.75, 3.05) is 5.73 Å². The third kappa shape index (κ3) is 1.96. The van der Waals surface area contributed by atoms with Crippen LogP contribution in [0.25, 0.3) is 33.0 Å². The molecule has 0 aliphatic rings. The molecule has 5 nitrogen and oxygen atoms in total. The fourth-order valence-electron chi connectivity index (χ4n) is 2.49. The van der Waals surface area contributed by atoms with Gasteiger partial charge in [0.25, 0.3) is 0 Å². The molecule has 0 saturated heterocycles. The summed E-state index contributed by atoms with van der Waals surface area (Å²) in [5, 5.41) is 2.87. The smallest absolute Gasteiger partial charge is 0.181 e. The fraction of sp³-hybridized carbons (Fsp3) is 0.0625. The number of aromatic nitrogens is 4. The lowest BCUT2D eigenvalue weighted by Gasteiger charge is -2.06. The summed E-state index contributed by atoms with van der Waals surface area (Å²) in [6.07, 6.45) is 1.77. The number of hydrogen-bond donors (Lipinski definition) is 1. The zero-order valence-electron chi connectivity index (χ0n) is 11.9. The van der Waals surface area contributed by atoms with Gasteiger partial charge in [0.15, 0.2) is 5.82 Å². The van der Waals surface area contributed by atoms with E-state index >= 15 is 0 Å². The van der Waals surface area contributed by atoms with E-state index in [0.29, 0.717) is 11.6 Å². The number of fused-ring (bicyclic) bond motifs is 1. The van der Waals surface area contributed by atoms with Crippen molar-refractivity contribution in [3.05, 3.63) is 48.1 Å². The number of nitrogens with zero attached hydrogens (tertiary/aromatic N) is 4. The van der Waals surface area contributed by atoms with E-state index < -0.39 is 0 Å². The highest BCUT2D eigenvalue weighted by atomic mass is 32.1. The molecule has 108 valence electrons.